The second kappa shape index (κ2) is 5.05. The Morgan fingerprint density at radius 3 is 2.81 bits per heavy atom. The first kappa shape index (κ1) is 13.4. The van der Waals surface area contributed by atoms with Crippen LogP contribution in [0.2, 0.25) is 0 Å². The fourth-order valence-corrected chi connectivity index (χ4v) is 2.67. The maximum absolute atomic E-state index is 12.1. The van der Waals surface area contributed by atoms with Crippen LogP contribution < -0.4 is 5.32 Å². The molecule has 1 atom stereocenters. The number of anilines is 1. The molecule has 2 heterocycles. The molecule has 1 amide bonds. The van der Waals surface area contributed by atoms with Crippen LogP contribution in [0, 0.1) is 12.8 Å². The lowest BCUT2D eigenvalue weighted by Gasteiger charge is -2.23. The summed E-state index contributed by atoms with van der Waals surface area (Å²) in [4.78, 5) is 22.9. The van der Waals surface area contributed by atoms with Gasteiger partial charge in [-0.15, -0.1) is 0 Å². The van der Waals surface area contributed by atoms with Crippen LogP contribution in [0.25, 0.3) is 11.1 Å². The minimum atomic E-state index is -0.981. The summed E-state index contributed by atoms with van der Waals surface area (Å²) in [5.74, 6) is -1.18. The van der Waals surface area contributed by atoms with Crippen LogP contribution in [0.4, 0.5) is 5.82 Å². The number of carboxylic acid groups (broad SMARTS) is 1. The van der Waals surface area contributed by atoms with Gasteiger partial charge in [-0.25, -0.2) is 4.68 Å². The predicted octanol–water partition coefficient (Wildman–Crippen LogP) is 1.90. The van der Waals surface area contributed by atoms with Crippen molar-refractivity contribution in [2.75, 3.05) is 5.32 Å². The molecule has 6 nitrogen and oxygen atoms in total. The number of aryl methyl sites for hydroxylation is 1. The molecular weight excluding hydrogens is 270 g/mol. The molecule has 0 bridgehead atoms. The topological polar surface area (TPSA) is 84.2 Å². The summed E-state index contributed by atoms with van der Waals surface area (Å²) >= 11 is 0. The molecule has 6 heteroatoms. The summed E-state index contributed by atoms with van der Waals surface area (Å²) in [5, 5.41) is 16.1. The molecular formula is C15H15N3O3. The van der Waals surface area contributed by atoms with Crippen LogP contribution in [0.5, 0.6) is 0 Å². The lowest BCUT2D eigenvalue weighted by molar-refractivity contribution is -0.140. The fraction of sp³-hybridized carbons (Fsp3) is 0.267. The number of carboxylic acids is 1. The number of carbonyl (C=O) groups excluding carboxylic acids is 1. The van der Waals surface area contributed by atoms with Gasteiger partial charge in [-0.05, 0) is 12.5 Å². The molecule has 0 spiro atoms. The minimum Gasteiger partial charge on any atom is -0.481 e. The van der Waals surface area contributed by atoms with E-state index in [9.17, 15) is 9.59 Å². The first-order valence-corrected chi connectivity index (χ1v) is 6.71. The van der Waals surface area contributed by atoms with Crippen molar-refractivity contribution in [2.45, 2.75) is 19.9 Å². The van der Waals surface area contributed by atoms with Gasteiger partial charge < -0.3 is 10.4 Å². The van der Waals surface area contributed by atoms with Crippen molar-refractivity contribution >= 4 is 17.7 Å². The zero-order valence-electron chi connectivity index (χ0n) is 11.5. The lowest BCUT2D eigenvalue weighted by Crippen LogP contribution is -2.35. The van der Waals surface area contributed by atoms with E-state index in [0.717, 1.165) is 16.8 Å². The Labute approximate surface area is 121 Å². The number of nitrogens with zero attached hydrogens (tertiary/aromatic N) is 2. The monoisotopic (exact) mass is 285 g/mol. The van der Waals surface area contributed by atoms with Crippen LogP contribution >= 0.6 is 0 Å². The van der Waals surface area contributed by atoms with Gasteiger partial charge in [0.1, 0.15) is 5.82 Å². The molecule has 2 N–H and O–H groups in total. The molecule has 1 aromatic carbocycles. The Bertz CT molecular complexity index is 706. The van der Waals surface area contributed by atoms with Gasteiger partial charge >= 0.3 is 5.97 Å². The Morgan fingerprint density at radius 2 is 2.14 bits per heavy atom. The van der Waals surface area contributed by atoms with Gasteiger partial charge in [0.05, 0.1) is 24.6 Å². The molecule has 108 valence electrons. The van der Waals surface area contributed by atoms with Crippen molar-refractivity contribution in [2.24, 2.45) is 5.92 Å². The maximum Gasteiger partial charge on any atom is 0.304 e. The molecule has 0 saturated heterocycles. The summed E-state index contributed by atoms with van der Waals surface area (Å²) in [6.45, 7) is 2.17. The second-order valence-corrected chi connectivity index (χ2v) is 5.14. The van der Waals surface area contributed by atoms with Gasteiger partial charge in [-0.3, -0.25) is 9.59 Å². The van der Waals surface area contributed by atoms with Crippen LogP contribution in [-0.2, 0) is 16.1 Å². The van der Waals surface area contributed by atoms with Crippen molar-refractivity contribution in [1.29, 1.82) is 0 Å². The number of aromatic nitrogens is 2. The number of benzene rings is 1. The number of carbonyl (C=O) groups is 2. The number of hydrogen-bond acceptors (Lipinski definition) is 3. The highest BCUT2D eigenvalue weighted by Crippen LogP contribution is 2.34. The van der Waals surface area contributed by atoms with Crippen molar-refractivity contribution < 1.29 is 14.7 Å². The molecule has 0 radical (unpaired) electrons. The summed E-state index contributed by atoms with van der Waals surface area (Å²) in [7, 11) is 0. The highest BCUT2D eigenvalue weighted by Gasteiger charge is 2.31. The van der Waals surface area contributed by atoms with Gasteiger partial charge in [0.25, 0.3) is 0 Å². The summed E-state index contributed by atoms with van der Waals surface area (Å²) < 4.78 is 1.69. The maximum atomic E-state index is 12.1. The van der Waals surface area contributed by atoms with E-state index in [4.69, 9.17) is 5.11 Å². The largest absolute Gasteiger partial charge is 0.481 e. The van der Waals surface area contributed by atoms with Gasteiger partial charge in [0.2, 0.25) is 5.91 Å². The zero-order chi connectivity index (χ0) is 15.0. The van der Waals surface area contributed by atoms with E-state index >= 15 is 0 Å². The van der Waals surface area contributed by atoms with E-state index in [1.165, 1.54) is 0 Å². The SMILES string of the molecule is Cc1nn2c(c1-c1ccccc1)NC(=O)C(CC(=O)O)C2. The van der Waals surface area contributed by atoms with E-state index in [0.29, 0.717) is 12.4 Å². The van der Waals surface area contributed by atoms with Gasteiger partial charge in [0, 0.05) is 5.56 Å². The number of hydrogen-bond donors (Lipinski definition) is 2. The molecule has 0 saturated carbocycles. The first-order valence-electron chi connectivity index (χ1n) is 6.71. The molecule has 1 aromatic heterocycles. The third kappa shape index (κ3) is 2.40. The lowest BCUT2D eigenvalue weighted by atomic mass is 10.0. The number of rotatable bonds is 3. The molecule has 21 heavy (non-hydrogen) atoms. The third-order valence-electron chi connectivity index (χ3n) is 3.62. The summed E-state index contributed by atoms with van der Waals surface area (Å²) in [6, 6.07) is 9.70. The number of fused-ring (bicyclic) bond motifs is 1. The van der Waals surface area contributed by atoms with Crippen LogP contribution in [-0.4, -0.2) is 26.8 Å². The average Bonchev–Trinajstić information content (AvgIpc) is 2.75. The summed E-state index contributed by atoms with van der Waals surface area (Å²) in [5.41, 5.74) is 2.68. The van der Waals surface area contributed by atoms with Gasteiger partial charge in [-0.1, -0.05) is 30.3 Å². The molecule has 1 unspecified atom stereocenters. The second-order valence-electron chi connectivity index (χ2n) is 5.14. The van der Waals surface area contributed by atoms with Crippen LogP contribution in [0.3, 0.4) is 0 Å². The number of nitrogens with one attached hydrogen (secondary N) is 1. The van der Waals surface area contributed by atoms with Crippen LogP contribution in [0.15, 0.2) is 30.3 Å². The van der Waals surface area contributed by atoms with Gasteiger partial charge in [0.15, 0.2) is 0 Å². The Balaban J connectivity index is 2.01. The van der Waals surface area contributed by atoms with Crippen molar-refractivity contribution in [3.63, 3.8) is 0 Å². The van der Waals surface area contributed by atoms with Crippen molar-refractivity contribution in [3.8, 4) is 11.1 Å². The van der Waals surface area contributed by atoms with Crippen molar-refractivity contribution in [1.82, 2.24) is 9.78 Å². The van der Waals surface area contributed by atoms with E-state index in [2.05, 4.69) is 10.4 Å². The quantitative estimate of drug-likeness (QED) is 0.902. The third-order valence-corrected chi connectivity index (χ3v) is 3.62. The molecule has 2 aromatic rings. The standard InChI is InChI=1S/C15H15N3O3/c1-9-13(10-5-3-2-4-6-10)14-16-15(21)11(7-12(19)20)8-18(14)17-9/h2-6,11H,7-8H2,1H3,(H,16,21)(H,19,20). The first-order chi connectivity index (χ1) is 10.1. The van der Waals surface area contributed by atoms with E-state index in [1.54, 1.807) is 4.68 Å². The molecule has 1 aliphatic rings. The number of amides is 1. The Morgan fingerprint density at radius 1 is 1.43 bits per heavy atom. The van der Waals surface area contributed by atoms with Gasteiger partial charge in [-0.2, -0.15) is 5.10 Å². The summed E-state index contributed by atoms with van der Waals surface area (Å²) in [6.07, 6.45) is -0.190. The average molecular weight is 285 g/mol. The predicted molar refractivity (Wildman–Crippen MR) is 76.8 cm³/mol. The molecule has 1 aliphatic heterocycles. The molecule has 0 aliphatic carbocycles. The zero-order valence-corrected chi connectivity index (χ0v) is 11.5. The van der Waals surface area contributed by atoms with Crippen LogP contribution in [0.1, 0.15) is 12.1 Å². The number of aliphatic carboxylic acids is 1. The highest BCUT2D eigenvalue weighted by molar-refractivity contribution is 5.98. The van der Waals surface area contributed by atoms with E-state index in [-0.39, 0.29) is 12.3 Å². The minimum absolute atomic E-state index is 0.190. The van der Waals surface area contributed by atoms with E-state index < -0.39 is 11.9 Å². The highest BCUT2D eigenvalue weighted by atomic mass is 16.4. The van der Waals surface area contributed by atoms with E-state index in [1.807, 2.05) is 37.3 Å². The smallest absolute Gasteiger partial charge is 0.304 e. The molecule has 3 rings (SSSR count). The fourth-order valence-electron chi connectivity index (χ4n) is 2.67. The van der Waals surface area contributed by atoms with Crippen molar-refractivity contribution in [3.05, 3.63) is 36.0 Å². The normalized spacial score (nSPS) is 17.2. The Kier molecular flexibility index (Phi) is 3.21. The Hall–Kier alpha value is -2.63. The molecule has 0 fully saturated rings.